The second kappa shape index (κ2) is 8.19. The van der Waals surface area contributed by atoms with Gasteiger partial charge in [0.25, 0.3) is 0 Å². The van der Waals surface area contributed by atoms with Crippen LogP contribution in [0.4, 0.5) is 0 Å². The van der Waals surface area contributed by atoms with Gasteiger partial charge in [-0.05, 0) is 49.3 Å². The van der Waals surface area contributed by atoms with E-state index in [9.17, 15) is 14.7 Å². The fourth-order valence-corrected chi connectivity index (χ4v) is 4.70. The van der Waals surface area contributed by atoms with Gasteiger partial charge >= 0.3 is 5.97 Å². The van der Waals surface area contributed by atoms with E-state index in [1.54, 1.807) is 19.1 Å². The molecule has 0 bridgehead atoms. The first kappa shape index (κ1) is 19.5. The summed E-state index contributed by atoms with van der Waals surface area (Å²) in [5, 5.41) is 9.65. The zero-order valence-electron chi connectivity index (χ0n) is 16.3. The summed E-state index contributed by atoms with van der Waals surface area (Å²) in [4.78, 5) is 26.7. The van der Waals surface area contributed by atoms with E-state index in [2.05, 4.69) is 0 Å². The molecule has 1 saturated carbocycles. The van der Waals surface area contributed by atoms with E-state index in [0.717, 1.165) is 31.2 Å². The van der Waals surface area contributed by atoms with Crippen molar-refractivity contribution in [2.24, 2.45) is 11.8 Å². The SMILES string of the molecule is COc1ccc(CC(C)C(=O)N2C(C(=O)O)CC3CCCCC32)cc1OC. The normalized spacial score (nSPS) is 25.6. The Kier molecular flexibility index (Phi) is 5.92. The molecule has 1 aliphatic carbocycles. The fraction of sp³-hybridized carbons (Fsp3) is 0.619. The minimum Gasteiger partial charge on any atom is -0.493 e. The van der Waals surface area contributed by atoms with Crippen molar-refractivity contribution in [2.75, 3.05) is 14.2 Å². The number of carbonyl (C=O) groups is 2. The molecule has 148 valence electrons. The van der Waals surface area contributed by atoms with Crippen LogP contribution in [0.5, 0.6) is 11.5 Å². The molecule has 1 aliphatic heterocycles. The zero-order chi connectivity index (χ0) is 19.6. The minimum atomic E-state index is -0.879. The maximum Gasteiger partial charge on any atom is 0.326 e. The third-order valence-electron chi connectivity index (χ3n) is 6.04. The molecule has 6 heteroatoms. The van der Waals surface area contributed by atoms with E-state index < -0.39 is 12.0 Å². The second-order valence-corrected chi connectivity index (χ2v) is 7.74. The first-order valence-electron chi connectivity index (χ1n) is 9.72. The van der Waals surface area contributed by atoms with Gasteiger partial charge < -0.3 is 19.5 Å². The van der Waals surface area contributed by atoms with Gasteiger partial charge in [0.05, 0.1) is 14.2 Å². The van der Waals surface area contributed by atoms with Crippen molar-refractivity contribution >= 4 is 11.9 Å². The molecule has 0 aromatic heterocycles. The number of fused-ring (bicyclic) bond motifs is 1. The van der Waals surface area contributed by atoms with Gasteiger partial charge in [0, 0.05) is 12.0 Å². The van der Waals surface area contributed by atoms with E-state index in [4.69, 9.17) is 9.47 Å². The van der Waals surface area contributed by atoms with Gasteiger partial charge in [0.1, 0.15) is 6.04 Å². The van der Waals surface area contributed by atoms with Crippen LogP contribution >= 0.6 is 0 Å². The third-order valence-corrected chi connectivity index (χ3v) is 6.04. The van der Waals surface area contributed by atoms with Crippen molar-refractivity contribution in [1.82, 2.24) is 4.90 Å². The molecule has 1 aromatic rings. The highest BCUT2D eigenvalue weighted by atomic mass is 16.5. The zero-order valence-corrected chi connectivity index (χ0v) is 16.3. The summed E-state index contributed by atoms with van der Waals surface area (Å²) in [6.07, 6.45) is 5.29. The summed E-state index contributed by atoms with van der Waals surface area (Å²) in [6, 6.07) is 5.04. The maximum atomic E-state index is 13.2. The first-order valence-corrected chi connectivity index (χ1v) is 9.72. The summed E-state index contributed by atoms with van der Waals surface area (Å²) in [5.41, 5.74) is 0.972. The van der Waals surface area contributed by atoms with E-state index in [1.807, 2.05) is 25.1 Å². The predicted molar refractivity (Wildman–Crippen MR) is 101 cm³/mol. The van der Waals surface area contributed by atoms with Crippen molar-refractivity contribution in [3.8, 4) is 11.5 Å². The summed E-state index contributed by atoms with van der Waals surface area (Å²) < 4.78 is 10.6. The number of likely N-dealkylation sites (tertiary alicyclic amines) is 1. The molecule has 0 radical (unpaired) electrons. The molecular formula is C21H29NO5. The Balaban J connectivity index is 1.76. The minimum absolute atomic E-state index is 0.0495. The van der Waals surface area contributed by atoms with E-state index in [-0.39, 0.29) is 17.9 Å². The molecule has 1 N–H and O–H groups in total. The number of methoxy groups -OCH3 is 2. The molecule has 2 aliphatic rings. The summed E-state index contributed by atoms with van der Waals surface area (Å²) in [5.74, 6) is 0.396. The van der Waals surface area contributed by atoms with Crippen LogP contribution in [0.2, 0.25) is 0 Å². The van der Waals surface area contributed by atoms with Crippen LogP contribution in [0.1, 0.15) is 44.6 Å². The Morgan fingerprint density at radius 1 is 1.19 bits per heavy atom. The Morgan fingerprint density at radius 3 is 2.56 bits per heavy atom. The topological polar surface area (TPSA) is 76.1 Å². The van der Waals surface area contributed by atoms with Crippen LogP contribution in [0.25, 0.3) is 0 Å². The first-order chi connectivity index (χ1) is 13.0. The number of rotatable bonds is 6. The second-order valence-electron chi connectivity index (χ2n) is 7.74. The van der Waals surface area contributed by atoms with Crippen molar-refractivity contribution in [1.29, 1.82) is 0 Å². The van der Waals surface area contributed by atoms with Gasteiger partial charge in [-0.25, -0.2) is 4.79 Å². The van der Waals surface area contributed by atoms with Crippen LogP contribution in [-0.2, 0) is 16.0 Å². The molecule has 27 heavy (non-hydrogen) atoms. The third kappa shape index (κ3) is 3.89. The Bertz CT molecular complexity index is 704. The van der Waals surface area contributed by atoms with Gasteiger partial charge in [-0.1, -0.05) is 25.8 Å². The molecule has 1 amide bonds. The van der Waals surface area contributed by atoms with Crippen molar-refractivity contribution in [2.45, 2.75) is 57.5 Å². The van der Waals surface area contributed by atoms with Crippen molar-refractivity contribution in [3.05, 3.63) is 23.8 Å². The number of ether oxygens (including phenoxy) is 2. The number of benzene rings is 1. The molecule has 4 atom stereocenters. The lowest BCUT2D eigenvalue weighted by Gasteiger charge is -2.34. The number of carbonyl (C=O) groups excluding carboxylic acids is 1. The highest BCUT2D eigenvalue weighted by molar-refractivity contribution is 5.86. The van der Waals surface area contributed by atoms with Crippen LogP contribution in [-0.4, -0.2) is 48.2 Å². The molecule has 3 rings (SSSR count). The Hall–Kier alpha value is -2.24. The van der Waals surface area contributed by atoms with Crippen LogP contribution in [0.3, 0.4) is 0 Å². The fourth-order valence-electron chi connectivity index (χ4n) is 4.70. The standard InChI is InChI=1S/C21H29NO5/c1-13(10-14-8-9-18(26-2)19(11-14)27-3)20(23)22-16-7-5-4-6-15(16)12-17(22)21(24)25/h8-9,11,13,15-17H,4-7,10,12H2,1-3H3,(H,24,25). The summed E-state index contributed by atoms with van der Waals surface area (Å²) in [6.45, 7) is 1.88. The van der Waals surface area contributed by atoms with Crippen molar-refractivity contribution in [3.63, 3.8) is 0 Å². The van der Waals surface area contributed by atoms with Gasteiger partial charge in [0.15, 0.2) is 11.5 Å². The van der Waals surface area contributed by atoms with Crippen molar-refractivity contribution < 1.29 is 24.2 Å². The quantitative estimate of drug-likeness (QED) is 0.827. The van der Waals surface area contributed by atoms with Crippen LogP contribution < -0.4 is 9.47 Å². The Morgan fingerprint density at radius 2 is 1.89 bits per heavy atom. The van der Waals surface area contributed by atoms with E-state index in [1.165, 1.54) is 0 Å². The number of amides is 1. The lowest BCUT2D eigenvalue weighted by atomic mass is 9.84. The summed E-state index contributed by atoms with van der Waals surface area (Å²) >= 11 is 0. The van der Waals surface area contributed by atoms with E-state index in [0.29, 0.717) is 30.3 Å². The average molecular weight is 375 g/mol. The monoisotopic (exact) mass is 375 g/mol. The molecule has 1 heterocycles. The van der Waals surface area contributed by atoms with Gasteiger partial charge in [-0.3, -0.25) is 4.79 Å². The maximum absolute atomic E-state index is 13.2. The lowest BCUT2D eigenvalue weighted by Crippen LogP contribution is -2.48. The molecule has 1 aromatic carbocycles. The van der Waals surface area contributed by atoms with E-state index >= 15 is 0 Å². The van der Waals surface area contributed by atoms with Gasteiger partial charge in [-0.15, -0.1) is 0 Å². The molecule has 6 nitrogen and oxygen atoms in total. The average Bonchev–Trinajstić information content (AvgIpc) is 3.07. The molecule has 0 spiro atoms. The number of nitrogens with zero attached hydrogens (tertiary/aromatic N) is 1. The van der Waals surface area contributed by atoms with Crippen LogP contribution in [0, 0.1) is 11.8 Å². The largest absolute Gasteiger partial charge is 0.493 e. The number of carboxylic acids is 1. The number of aliphatic carboxylic acids is 1. The molecule has 2 fully saturated rings. The Labute approximate surface area is 160 Å². The smallest absolute Gasteiger partial charge is 0.326 e. The molecule has 1 saturated heterocycles. The number of carboxylic acid groups (broad SMARTS) is 1. The molecular weight excluding hydrogens is 346 g/mol. The van der Waals surface area contributed by atoms with Crippen LogP contribution in [0.15, 0.2) is 18.2 Å². The number of hydrogen-bond donors (Lipinski definition) is 1. The molecule has 4 unspecified atom stereocenters. The highest BCUT2D eigenvalue weighted by Gasteiger charge is 2.48. The highest BCUT2D eigenvalue weighted by Crippen LogP contribution is 2.40. The predicted octanol–water partition coefficient (Wildman–Crippen LogP) is 3.13. The number of hydrogen-bond acceptors (Lipinski definition) is 4. The van der Waals surface area contributed by atoms with Gasteiger partial charge in [-0.2, -0.15) is 0 Å². The summed E-state index contributed by atoms with van der Waals surface area (Å²) in [7, 11) is 3.17. The van der Waals surface area contributed by atoms with Gasteiger partial charge in [0.2, 0.25) is 5.91 Å². The lowest BCUT2D eigenvalue weighted by molar-refractivity contribution is -0.151.